The van der Waals surface area contributed by atoms with Gasteiger partial charge in [0.2, 0.25) is 6.08 Å². The van der Waals surface area contributed by atoms with Gasteiger partial charge in [0.25, 0.3) is 0 Å². The first-order valence-corrected chi connectivity index (χ1v) is 5.90. The van der Waals surface area contributed by atoms with Crippen molar-refractivity contribution in [3.05, 3.63) is 0 Å². The molecule has 0 spiro atoms. The lowest BCUT2D eigenvalue weighted by molar-refractivity contribution is -0.192. The van der Waals surface area contributed by atoms with Crippen LogP contribution in [0.4, 0.5) is 0 Å². The quantitative estimate of drug-likeness (QED) is 0.428. The normalized spacial score (nSPS) is 37.1. The van der Waals surface area contributed by atoms with Gasteiger partial charge in [-0.1, -0.05) is 20.8 Å². The van der Waals surface area contributed by atoms with Crippen LogP contribution in [0.5, 0.6) is 0 Å². The molecule has 0 bridgehead atoms. The van der Waals surface area contributed by atoms with Gasteiger partial charge >= 0.3 is 5.97 Å². The maximum Gasteiger partial charge on any atom is 0.303 e. The van der Waals surface area contributed by atoms with Crippen LogP contribution >= 0.6 is 0 Å². The van der Waals surface area contributed by atoms with E-state index < -0.39 is 18.3 Å². The molecular formula is C12H19NO4. The zero-order valence-corrected chi connectivity index (χ0v) is 10.7. The monoisotopic (exact) mass is 241 g/mol. The fraction of sp³-hybridized carbons (Fsp3) is 0.833. The lowest BCUT2D eigenvalue weighted by Crippen LogP contribution is -2.50. The summed E-state index contributed by atoms with van der Waals surface area (Å²) in [5.41, 5.74) is 0. The van der Waals surface area contributed by atoms with E-state index >= 15 is 0 Å². The van der Waals surface area contributed by atoms with Crippen molar-refractivity contribution >= 4 is 12.0 Å². The predicted molar refractivity (Wildman–Crippen MR) is 61.0 cm³/mol. The number of nitrogens with zero attached hydrogens (tertiary/aromatic N) is 1. The molecule has 5 nitrogen and oxygen atoms in total. The summed E-state index contributed by atoms with van der Waals surface area (Å²) in [5.74, 6) is -0.0409. The molecule has 1 aliphatic rings. The highest BCUT2D eigenvalue weighted by molar-refractivity contribution is 5.66. The minimum absolute atomic E-state index is 0.0268. The van der Waals surface area contributed by atoms with Crippen LogP contribution in [-0.4, -0.2) is 30.5 Å². The largest absolute Gasteiger partial charge is 0.457 e. The molecule has 1 rings (SSSR count). The average molecular weight is 241 g/mol. The van der Waals surface area contributed by atoms with E-state index in [1.165, 1.54) is 13.0 Å². The summed E-state index contributed by atoms with van der Waals surface area (Å²) in [6.45, 7) is 7.39. The first-order valence-electron chi connectivity index (χ1n) is 5.90. The summed E-state index contributed by atoms with van der Waals surface area (Å²) in [6, 6.07) is 0. The molecule has 0 aromatic carbocycles. The van der Waals surface area contributed by atoms with Crippen LogP contribution in [0.2, 0.25) is 0 Å². The zero-order valence-electron chi connectivity index (χ0n) is 10.7. The van der Waals surface area contributed by atoms with Gasteiger partial charge in [0.15, 0.2) is 12.3 Å². The maximum absolute atomic E-state index is 11.0. The number of carbonyl (C=O) groups is 1. The van der Waals surface area contributed by atoms with E-state index in [0.717, 1.165) is 6.42 Å². The second kappa shape index (κ2) is 5.94. The molecule has 17 heavy (non-hydrogen) atoms. The Morgan fingerprint density at radius 3 is 2.53 bits per heavy atom. The fourth-order valence-electron chi connectivity index (χ4n) is 2.26. The van der Waals surface area contributed by atoms with Gasteiger partial charge in [-0.3, -0.25) is 4.79 Å². The maximum atomic E-state index is 11.0. The van der Waals surface area contributed by atoms with Gasteiger partial charge in [0.1, 0.15) is 0 Å². The van der Waals surface area contributed by atoms with Crippen LogP contribution in [0.15, 0.2) is 4.99 Å². The minimum atomic E-state index is -0.729. The van der Waals surface area contributed by atoms with Gasteiger partial charge in [0, 0.05) is 12.8 Å². The van der Waals surface area contributed by atoms with E-state index in [1.54, 1.807) is 0 Å². The highest BCUT2D eigenvalue weighted by atomic mass is 16.6. The Morgan fingerprint density at radius 2 is 2.06 bits per heavy atom. The third-order valence-corrected chi connectivity index (χ3v) is 3.41. The number of carbonyl (C=O) groups excluding carboxylic acids is 2. The van der Waals surface area contributed by atoms with Gasteiger partial charge in [-0.05, 0) is 12.3 Å². The molecule has 0 aliphatic carbocycles. The van der Waals surface area contributed by atoms with Crippen LogP contribution in [0, 0.1) is 11.8 Å². The molecule has 96 valence electrons. The topological polar surface area (TPSA) is 65.0 Å². The summed E-state index contributed by atoms with van der Waals surface area (Å²) in [7, 11) is 0. The van der Waals surface area contributed by atoms with Crippen LogP contribution in [0.1, 0.15) is 34.1 Å². The molecule has 1 saturated heterocycles. The van der Waals surface area contributed by atoms with Crippen molar-refractivity contribution in [2.45, 2.75) is 52.6 Å². The second-order valence-electron chi connectivity index (χ2n) is 4.49. The van der Waals surface area contributed by atoms with Gasteiger partial charge in [0.05, 0.1) is 6.10 Å². The Hall–Kier alpha value is -1.19. The Balaban J connectivity index is 2.90. The summed E-state index contributed by atoms with van der Waals surface area (Å²) >= 11 is 0. The van der Waals surface area contributed by atoms with Crippen molar-refractivity contribution in [1.29, 1.82) is 0 Å². The van der Waals surface area contributed by atoms with Gasteiger partial charge in [-0.25, -0.2) is 4.79 Å². The molecule has 0 amide bonds. The zero-order chi connectivity index (χ0) is 13.0. The van der Waals surface area contributed by atoms with Crippen LogP contribution in [-0.2, 0) is 19.1 Å². The van der Waals surface area contributed by atoms with Crippen molar-refractivity contribution in [1.82, 2.24) is 0 Å². The van der Waals surface area contributed by atoms with Crippen molar-refractivity contribution in [3.63, 3.8) is 0 Å². The molecule has 0 aromatic rings. The number of hydrogen-bond donors (Lipinski definition) is 0. The summed E-state index contributed by atoms with van der Waals surface area (Å²) in [5, 5.41) is 0. The summed E-state index contributed by atoms with van der Waals surface area (Å²) < 4.78 is 10.9. The Kier molecular flexibility index (Phi) is 4.85. The summed E-state index contributed by atoms with van der Waals surface area (Å²) in [6.07, 6.45) is 1.11. The van der Waals surface area contributed by atoms with Crippen LogP contribution in [0.25, 0.3) is 0 Å². The SMILES string of the molecule is CC[C@H]1O[C@@H](N=C=O)[C@H](OC(C)=O)[C@@H](C)[C@@H]1C. The molecule has 0 aromatic heterocycles. The summed E-state index contributed by atoms with van der Waals surface area (Å²) in [4.78, 5) is 25.0. The van der Waals surface area contributed by atoms with Crippen molar-refractivity contribution < 1.29 is 19.1 Å². The molecule has 1 fully saturated rings. The standard InChI is InChI=1S/C12H19NO4/c1-5-10-7(2)8(3)11(16-9(4)15)12(17-10)13-6-14/h7-8,10-12H,5H2,1-4H3/t7-,8-,10+,11+,12+/m0/s1. The van der Waals surface area contributed by atoms with E-state index in [2.05, 4.69) is 11.9 Å². The molecule has 1 aliphatic heterocycles. The molecular weight excluding hydrogens is 222 g/mol. The number of isocyanates is 1. The number of aliphatic imine (C=N–C) groups is 1. The Bertz CT molecular complexity index is 324. The molecule has 0 radical (unpaired) electrons. The van der Waals surface area contributed by atoms with Gasteiger partial charge in [-0.2, -0.15) is 4.99 Å². The fourth-order valence-corrected chi connectivity index (χ4v) is 2.26. The number of hydrogen-bond acceptors (Lipinski definition) is 5. The lowest BCUT2D eigenvalue weighted by atomic mass is 9.82. The number of esters is 1. The average Bonchev–Trinajstić information content (AvgIpc) is 2.28. The molecule has 5 atom stereocenters. The van der Waals surface area contributed by atoms with Gasteiger partial charge in [-0.15, -0.1) is 0 Å². The van der Waals surface area contributed by atoms with Crippen molar-refractivity contribution in [2.75, 3.05) is 0 Å². The van der Waals surface area contributed by atoms with Gasteiger partial charge < -0.3 is 9.47 Å². The lowest BCUT2D eigenvalue weighted by Gasteiger charge is -2.41. The van der Waals surface area contributed by atoms with Crippen LogP contribution < -0.4 is 0 Å². The smallest absolute Gasteiger partial charge is 0.303 e. The molecule has 0 N–H and O–H groups in total. The minimum Gasteiger partial charge on any atom is -0.457 e. The Morgan fingerprint density at radius 1 is 1.41 bits per heavy atom. The van der Waals surface area contributed by atoms with E-state index in [4.69, 9.17) is 9.47 Å². The first kappa shape index (κ1) is 13.9. The molecule has 5 heteroatoms. The number of rotatable bonds is 3. The first-order chi connectivity index (χ1) is 8.01. The highest BCUT2D eigenvalue weighted by Crippen LogP contribution is 2.34. The third kappa shape index (κ3) is 3.14. The highest BCUT2D eigenvalue weighted by Gasteiger charge is 2.42. The van der Waals surface area contributed by atoms with Crippen LogP contribution in [0.3, 0.4) is 0 Å². The second-order valence-corrected chi connectivity index (χ2v) is 4.49. The third-order valence-electron chi connectivity index (χ3n) is 3.41. The van der Waals surface area contributed by atoms with Crippen molar-refractivity contribution in [2.24, 2.45) is 16.8 Å². The van der Waals surface area contributed by atoms with E-state index in [-0.39, 0.29) is 17.9 Å². The molecule has 0 unspecified atom stereocenters. The van der Waals surface area contributed by atoms with Crippen molar-refractivity contribution in [3.8, 4) is 0 Å². The van der Waals surface area contributed by atoms with E-state index in [0.29, 0.717) is 0 Å². The molecule has 1 heterocycles. The number of ether oxygens (including phenoxy) is 2. The predicted octanol–water partition coefficient (Wildman–Crippen LogP) is 1.66. The molecule has 0 saturated carbocycles. The van der Waals surface area contributed by atoms with E-state index in [9.17, 15) is 9.59 Å². The van der Waals surface area contributed by atoms with E-state index in [1.807, 2.05) is 13.8 Å². The Labute approximate surface area is 101 Å².